The monoisotopic (exact) mass is 310 g/mol. The van der Waals surface area contributed by atoms with Crippen LogP contribution in [0.2, 0.25) is 0 Å². The molecular weight excluding hydrogens is 288 g/mol. The van der Waals surface area contributed by atoms with E-state index in [2.05, 4.69) is 33.5 Å². The Kier molecular flexibility index (Phi) is 3.77. The van der Waals surface area contributed by atoms with Gasteiger partial charge in [0.2, 0.25) is 5.91 Å². The SMILES string of the molecule is O=C(CN1CCc2ccccc21)Nc1ccnn1C1CCCC1. The number of para-hydroxylation sites is 1. The van der Waals surface area contributed by atoms with Gasteiger partial charge in [-0.25, -0.2) is 4.68 Å². The van der Waals surface area contributed by atoms with Crippen LogP contribution in [-0.4, -0.2) is 28.8 Å². The molecule has 5 heteroatoms. The Morgan fingerprint density at radius 3 is 2.91 bits per heavy atom. The number of hydrogen-bond donors (Lipinski definition) is 1. The summed E-state index contributed by atoms with van der Waals surface area (Å²) in [5.41, 5.74) is 2.52. The summed E-state index contributed by atoms with van der Waals surface area (Å²) in [6, 6.07) is 10.7. The van der Waals surface area contributed by atoms with Gasteiger partial charge in [0.15, 0.2) is 0 Å². The van der Waals surface area contributed by atoms with E-state index in [1.165, 1.54) is 24.1 Å². The second-order valence-corrected chi connectivity index (χ2v) is 6.45. The summed E-state index contributed by atoms with van der Waals surface area (Å²) in [7, 11) is 0. The molecule has 0 spiro atoms. The third-order valence-corrected chi connectivity index (χ3v) is 4.93. The van der Waals surface area contributed by atoms with Crippen LogP contribution in [-0.2, 0) is 11.2 Å². The molecule has 0 radical (unpaired) electrons. The van der Waals surface area contributed by atoms with Crippen molar-refractivity contribution in [3.05, 3.63) is 42.1 Å². The summed E-state index contributed by atoms with van der Waals surface area (Å²) in [4.78, 5) is 14.6. The highest BCUT2D eigenvalue weighted by atomic mass is 16.2. The Bertz CT molecular complexity index is 703. The van der Waals surface area contributed by atoms with Gasteiger partial charge in [-0.15, -0.1) is 0 Å². The summed E-state index contributed by atoms with van der Waals surface area (Å²) in [6.07, 6.45) is 7.61. The minimum atomic E-state index is 0.0291. The number of anilines is 2. The first-order chi connectivity index (χ1) is 11.3. The van der Waals surface area contributed by atoms with E-state index in [4.69, 9.17) is 0 Å². The molecule has 2 aliphatic rings. The van der Waals surface area contributed by atoms with Gasteiger partial charge in [0.05, 0.1) is 18.8 Å². The van der Waals surface area contributed by atoms with Gasteiger partial charge in [0.1, 0.15) is 5.82 Å². The number of nitrogens with zero attached hydrogens (tertiary/aromatic N) is 3. The lowest BCUT2D eigenvalue weighted by Crippen LogP contribution is -2.32. The molecule has 23 heavy (non-hydrogen) atoms. The third-order valence-electron chi connectivity index (χ3n) is 4.93. The number of amides is 1. The lowest BCUT2D eigenvalue weighted by molar-refractivity contribution is -0.115. The maximum absolute atomic E-state index is 12.4. The smallest absolute Gasteiger partial charge is 0.245 e. The fourth-order valence-corrected chi connectivity index (χ4v) is 3.78. The predicted molar refractivity (Wildman–Crippen MR) is 90.7 cm³/mol. The molecule has 1 aliphatic carbocycles. The van der Waals surface area contributed by atoms with Crippen molar-refractivity contribution in [3.63, 3.8) is 0 Å². The van der Waals surface area contributed by atoms with Crippen LogP contribution >= 0.6 is 0 Å². The zero-order valence-electron chi connectivity index (χ0n) is 13.2. The van der Waals surface area contributed by atoms with E-state index in [-0.39, 0.29) is 5.91 Å². The molecular formula is C18H22N4O. The van der Waals surface area contributed by atoms with Crippen molar-refractivity contribution in [3.8, 4) is 0 Å². The molecule has 4 rings (SSSR count). The van der Waals surface area contributed by atoms with Gasteiger partial charge in [-0.3, -0.25) is 4.79 Å². The second-order valence-electron chi connectivity index (χ2n) is 6.45. The normalized spacial score (nSPS) is 17.5. The quantitative estimate of drug-likeness (QED) is 0.944. The van der Waals surface area contributed by atoms with E-state index < -0.39 is 0 Å². The zero-order valence-corrected chi connectivity index (χ0v) is 13.2. The highest BCUT2D eigenvalue weighted by Gasteiger charge is 2.23. The van der Waals surface area contributed by atoms with Crippen molar-refractivity contribution in [2.24, 2.45) is 0 Å². The molecule has 1 aromatic heterocycles. The minimum Gasteiger partial charge on any atom is -0.362 e. The van der Waals surface area contributed by atoms with E-state index >= 15 is 0 Å². The number of fused-ring (bicyclic) bond motifs is 1. The molecule has 1 fully saturated rings. The second kappa shape index (κ2) is 6.07. The summed E-state index contributed by atoms with van der Waals surface area (Å²) in [5.74, 6) is 0.857. The van der Waals surface area contributed by atoms with Gasteiger partial charge in [0, 0.05) is 18.3 Å². The molecule has 1 amide bonds. The third kappa shape index (κ3) is 2.83. The van der Waals surface area contributed by atoms with Crippen molar-refractivity contribution in [1.29, 1.82) is 0 Å². The average molecular weight is 310 g/mol. The number of benzene rings is 1. The van der Waals surface area contributed by atoms with Gasteiger partial charge < -0.3 is 10.2 Å². The van der Waals surface area contributed by atoms with Gasteiger partial charge in [-0.05, 0) is 30.9 Å². The van der Waals surface area contributed by atoms with Crippen molar-refractivity contribution in [2.45, 2.75) is 38.1 Å². The molecule has 0 saturated heterocycles. The van der Waals surface area contributed by atoms with E-state index in [1.54, 1.807) is 6.20 Å². The first-order valence-electron chi connectivity index (χ1n) is 8.47. The van der Waals surface area contributed by atoms with Crippen LogP contribution in [0.4, 0.5) is 11.5 Å². The summed E-state index contributed by atoms with van der Waals surface area (Å²) in [5, 5.41) is 7.45. The lowest BCUT2D eigenvalue weighted by Gasteiger charge is -2.20. The van der Waals surface area contributed by atoms with E-state index in [0.717, 1.165) is 31.6 Å². The molecule has 0 atom stereocenters. The van der Waals surface area contributed by atoms with E-state index in [0.29, 0.717) is 12.6 Å². The standard InChI is InChI=1S/C18H22N4O/c23-18(13-21-12-10-14-5-1-4-8-16(14)21)20-17-9-11-19-22(17)15-6-2-3-7-15/h1,4-5,8-9,11,15H,2-3,6-7,10,12-13H2,(H,20,23). The summed E-state index contributed by atoms with van der Waals surface area (Å²) >= 11 is 0. The van der Waals surface area contributed by atoms with Crippen LogP contribution in [0.3, 0.4) is 0 Å². The highest BCUT2D eigenvalue weighted by molar-refractivity contribution is 5.93. The number of nitrogens with one attached hydrogen (secondary N) is 1. The molecule has 1 aromatic carbocycles. The molecule has 1 aliphatic heterocycles. The molecule has 1 saturated carbocycles. The fourth-order valence-electron chi connectivity index (χ4n) is 3.78. The Labute approximate surface area is 136 Å². The minimum absolute atomic E-state index is 0.0291. The predicted octanol–water partition coefficient (Wildman–Crippen LogP) is 3.00. The van der Waals surface area contributed by atoms with Crippen molar-refractivity contribution in [2.75, 3.05) is 23.3 Å². The average Bonchev–Trinajstić information content (AvgIpc) is 3.28. The van der Waals surface area contributed by atoms with Crippen LogP contribution < -0.4 is 10.2 Å². The van der Waals surface area contributed by atoms with Crippen LogP contribution in [0.15, 0.2) is 36.5 Å². The van der Waals surface area contributed by atoms with Crippen LogP contribution in [0.5, 0.6) is 0 Å². The van der Waals surface area contributed by atoms with Crippen molar-refractivity contribution < 1.29 is 4.79 Å². The zero-order chi connectivity index (χ0) is 15.6. The molecule has 120 valence electrons. The summed E-state index contributed by atoms with van der Waals surface area (Å²) < 4.78 is 1.99. The van der Waals surface area contributed by atoms with Crippen LogP contribution in [0.1, 0.15) is 37.3 Å². The van der Waals surface area contributed by atoms with Crippen LogP contribution in [0, 0.1) is 0 Å². The topological polar surface area (TPSA) is 50.2 Å². The maximum Gasteiger partial charge on any atom is 0.245 e. The Morgan fingerprint density at radius 1 is 1.22 bits per heavy atom. The number of aromatic nitrogens is 2. The Hall–Kier alpha value is -2.30. The Balaban J connectivity index is 1.42. The molecule has 1 N–H and O–H groups in total. The van der Waals surface area contributed by atoms with E-state index in [9.17, 15) is 4.79 Å². The van der Waals surface area contributed by atoms with Crippen molar-refractivity contribution >= 4 is 17.4 Å². The highest BCUT2D eigenvalue weighted by Crippen LogP contribution is 2.31. The van der Waals surface area contributed by atoms with Gasteiger partial charge >= 0.3 is 0 Å². The fraction of sp³-hybridized carbons (Fsp3) is 0.444. The molecule has 0 unspecified atom stereocenters. The first-order valence-corrected chi connectivity index (χ1v) is 8.47. The van der Waals surface area contributed by atoms with Crippen LogP contribution in [0.25, 0.3) is 0 Å². The van der Waals surface area contributed by atoms with E-state index in [1.807, 2.05) is 16.8 Å². The van der Waals surface area contributed by atoms with Gasteiger partial charge in [-0.2, -0.15) is 5.10 Å². The Morgan fingerprint density at radius 2 is 2.04 bits per heavy atom. The number of carbonyl (C=O) groups is 1. The molecule has 2 heterocycles. The van der Waals surface area contributed by atoms with Crippen molar-refractivity contribution in [1.82, 2.24) is 9.78 Å². The number of carbonyl (C=O) groups excluding carboxylic acids is 1. The number of rotatable bonds is 4. The molecule has 0 bridgehead atoms. The maximum atomic E-state index is 12.4. The lowest BCUT2D eigenvalue weighted by atomic mass is 10.2. The van der Waals surface area contributed by atoms with Gasteiger partial charge in [-0.1, -0.05) is 31.0 Å². The largest absolute Gasteiger partial charge is 0.362 e. The first kappa shape index (κ1) is 14.3. The molecule has 2 aromatic rings. The van der Waals surface area contributed by atoms with Gasteiger partial charge in [0.25, 0.3) is 0 Å². The summed E-state index contributed by atoms with van der Waals surface area (Å²) in [6.45, 7) is 1.31. The molecule has 5 nitrogen and oxygen atoms in total. The number of hydrogen-bond acceptors (Lipinski definition) is 3.